The van der Waals surface area contributed by atoms with Crippen LogP contribution < -0.4 is 5.32 Å². The number of nitrogens with zero attached hydrogens (tertiary/aromatic N) is 1. The zero-order chi connectivity index (χ0) is 10.7. The summed E-state index contributed by atoms with van der Waals surface area (Å²) in [6.45, 7) is 0.955. The Labute approximate surface area is 106 Å². The van der Waals surface area contributed by atoms with Gasteiger partial charge in [0.05, 0.1) is 5.69 Å². The standard InChI is InChI=1S/C11H12Br2N2/c12-8-4-5-10(9(13)7-8)15-11-3-1-2-6-14-11/h4-5,7H,1-3,6H2,(H,14,15). The van der Waals surface area contributed by atoms with Crippen LogP contribution in [0.1, 0.15) is 19.3 Å². The summed E-state index contributed by atoms with van der Waals surface area (Å²) in [5.74, 6) is 1.10. The molecule has 0 fully saturated rings. The first-order chi connectivity index (χ1) is 7.25. The lowest BCUT2D eigenvalue weighted by Gasteiger charge is -2.15. The highest BCUT2D eigenvalue weighted by molar-refractivity contribution is 9.11. The molecule has 2 rings (SSSR count). The minimum absolute atomic E-state index is 0.955. The maximum absolute atomic E-state index is 4.46. The van der Waals surface area contributed by atoms with Crippen LogP contribution in [0, 0.1) is 0 Å². The summed E-state index contributed by atoms with van der Waals surface area (Å²) in [5, 5.41) is 3.36. The average molecular weight is 332 g/mol. The first-order valence-corrected chi connectivity index (χ1v) is 6.60. The van der Waals surface area contributed by atoms with Gasteiger partial charge in [-0.1, -0.05) is 15.9 Å². The Kier molecular flexibility index (Phi) is 3.81. The smallest absolute Gasteiger partial charge is 0.101 e. The summed E-state index contributed by atoms with van der Waals surface area (Å²) in [4.78, 5) is 4.46. The number of anilines is 1. The number of aliphatic imine (C=N–C) groups is 1. The number of halogens is 2. The van der Waals surface area contributed by atoms with Crippen molar-refractivity contribution in [2.75, 3.05) is 11.9 Å². The highest BCUT2D eigenvalue weighted by Crippen LogP contribution is 2.26. The van der Waals surface area contributed by atoms with Gasteiger partial charge in [-0.2, -0.15) is 0 Å². The largest absolute Gasteiger partial charge is 0.343 e. The molecule has 1 aromatic rings. The quantitative estimate of drug-likeness (QED) is 0.819. The fraction of sp³-hybridized carbons (Fsp3) is 0.364. The van der Waals surface area contributed by atoms with E-state index in [1.165, 1.54) is 12.8 Å². The van der Waals surface area contributed by atoms with E-state index in [1.807, 2.05) is 18.2 Å². The molecule has 0 saturated heterocycles. The monoisotopic (exact) mass is 330 g/mol. The zero-order valence-corrected chi connectivity index (χ0v) is 11.4. The van der Waals surface area contributed by atoms with Crippen molar-refractivity contribution in [3.63, 3.8) is 0 Å². The normalized spacial score (nSPS) is 16.0. The molecule has 0 atom stereocenters. The summed E-state index contributed by atoms with van der Waals surface area (Å²) < 4.78 is 2.13. The average Bonchev–Trinajstić information content (AvgIpc) is 2.24. The van der Waals surface area contributed by atoms with Crippen LogP contribution >= 0.6 is 31.9 Å². The maximum atomic E-state index is 4.46. The molecule has 2 nitrogen and oxygen atoms in total. The number of amidine groups is 1. The van der Waals surface area contributed by atoms with Gasteiger partial charge in [-0.25, -0.2) is 0 Å². The van der Waals surface area contributed by atoms with E-state index in [0.717, 1.165) is 33.4 Å². The molecule has 0 saturated carbocycles. The Morgan fingerprint density at radius 1 is 1.20 bits per heavy atom. The molecule has 15 heavy (non-hydrogen) atoms. The number of hydrogen-bond donors (Lipinski definition) is 1. The van der Waals surface area contributed by atoms with Crippen molar-refractivity contribution < 1.29 is 0 Å². The molecule has 1 aliphatic heterocycles. The van der Waals surface area contributed by atoms with E-state index < -0.39 is 0 Å². The van der Waals surface area contributed by atoms with Gasteiger partial charge < -0.3 is 5.32 Å². The van der Waals surface area contributed by atoms with Crippen LogP contribution in [0.3, 0.4) is 0 Å². The lowest BCUT2D eigenvalue weighted by molar-refractivity contribution is 0.737. The Morgan fingerprint density at radius 2 is 2.07 bits per heavy atom. The van der Waals surface area contributed by atoms with Gasteiger partial charge in [0.2, 0.25) is 0 Å². The van der Waals surface area contributed by atoms with Crippen molar-refractivity contribution in [1.82, 2.24) is 0 Å². The summed E-state index contributed by atoms with van der Waals surface area (Å²) in [6.07, 6.45) is 3.51. The minimum atomic E-state index is 0.955. The van der Waals surface area contributed by atoms with Gasteiger partial charge in [-0.05, 0) is 47.0 Å². The second kappa shape index (κ2) is 5.12. The van der Waals surface area contributed by atoms with Crippen LogP contribution in [-0.2, 0) is 0 Å². The molecule has 1 N–H and O–H groups in total. The van der Waals surface area contributed by atoms with Crippen molar-refractivity contribution in [3.05, 3.63) is 27.1 Å². The predicted octanol–water partition coefficient (Wildman–Crippen LogP) is 4.21. The maximum Gasteiger partial charge on any atom is 0.101 e. The molecule has 0 radical (unpaired) electrons. The Hall–Kier alpha value is -0.350. The second-order valence-corrected chi connectivity index (χ2v) is 5.30. The van der Waals surface area contributed by atoms with Gasteiger partial charge in [0.25, 0.3) is 0 Å². The number of nitrogens with one attached hydrogen (secondary N) is 1. The first kappa shape index (κ1) is 11.1. The predicted molar refractivity (Wildman–Crippen MR) is 71.6 cm³/mol. The molecule has 0 spiro atoms. The first-order valence-electron chi connectivity index (χ1n) is 5.01. The van der Waals surface area contributed by atoms with Crippen molar-refractivity contribution in [3.8, 4) is 0 Å². The molecule has 0 aliphatic carbocycles. The van der Waals surface area contributed by atoms with E-state index in [2.05, 4.69) is 42.2 Å². The molecular weight excluding hydrogens is 320 g/mol. The number of rotatable bonds is 1. The molecular formula is C11H12Br2N2. The van der Waals surface area contributed by atoms with E-state index in [4.69, 9.17) is 0 Å². The van der Waals surface area contributed by atoms with E-state index in [9.17, 15) is 0 Å². The third-order valence-electron chi connectivity index (χ3n) is 2.33. The number of benzene rings is 1. The van der Waals surface area contributed by atoms with Gasteiger partial charge in [-0.3, -0.25) is 4.99 Å². The van der Waals surface area contributed by atoms with Crippen LogP contribution in [0.5, 0.6) is 0 Å². The highest BCUT2D eigenvalue weighted by atomic mass is 79.9. The van der Waals surface area contributed by atoms with Crippen molar-refractivity contribution in [2.45, 2.75) is 19.3 Å². The van der Waals surface area contributed by atoms with Crippen molar-refractivity contribution in [1.29, 1.82) is 0 Å². The van der Waals surface area contributed by atoms with Crippen LogP contribution in [0.2, 0.25) is 0 Å². The topological polar surface area (TPSA) is 24.4 Å². The van der Waals surface area contributed by atoms with E-state index in [0.29, 0.717) is 0 Å². The van der Waals surface area contributed by atoms with Crippen LogP contribution in [0.4, 0.5) is 5.69 Å². The Bertz CT molecular complexity index is 388. The van der Waals surface area contributed by atoms with E-state index in [1.54, 1.807) is 0 Å². The highest BCUT2D eigenvalue weighted by Gasteiger charge is 2.07. The Morgan fingerprint density at radius 3 is 2.73 bits per heavy atom. The lowest BCUT2D eigenvalue weighted by atomic mass is 10.2. The van der Waals surface area contributed by atoms with Gasteiger partial charge in [-0.15, -0.1) is 0 Å². The molecule has 0 aromatic heterocycles. The molecule has 4 heteroatoms. The summed E-state index contributed by atoms with van der Waals surface area (Å²) >= 11 is 6.96. The lowest BCUT2D eigenvalue weighted by Crippen LogP contribution is -2.16. The summed E-state index contributed by atoms with van der Waals surface area (Å²) in [6, 6.07) is 6.10. The van der Waals surface area contributed by atoms with Gasteiger partial charge >= 0.3 is 0 Å². The van der Waals surface area contributed by atoms with E-state index >= 15 is 0 Å². The Balaban J connectivity index is 2.13. The van der Waals surface area contributed by atoms with Gasteiger partial charge in [0.15, 0.2) is 0 Å². The fourth-order valence-corrected chi connectivity index (χ4v) is 2.69. The molecule has 0 bridgehead atoms. The SMILES string of the molecule is Brc1ccc(NC2=NCCCC2)c(Br)c1. The van der Waals surface area contributed by atoms with Crippen molar-refractivity contribution in [2.24, 2.45) is 4.99 Å². The van der Waals surface area contributed by atoms with Crippen LogP contribution in [0.25, 0.3) is 0 Å². The zero-order valence-electron chi connectivity index (χ0n) is 8.26. The van der Waals surface area contributed by atoms with Crippen molar-refractivity contribution >= 4 is 43.4 Å². The molecule has 80 valence electrons. The second-order valence-electron chi connectivity index (χ2n) is 3.53. The van der Waals surface area contributed by atoms with Gasteiger partial charge in [0, 0.05) is 21.9 Å². The molecule has 0 unspecified atom stereocenters. The van der Waals surface area contributed by atoms with Crippen LogP contribution in [-0.4, -0.2) is 12.4 Å². The molecule has 1 aliphatic rings. The molecule has 0 amide bonds. The third-order valence-corrected chi connectivity index (χ3v) is 3.48. The van der Waals surface area contributed by atoms with E-state index in [-0.39, 0.29) is 0 Å². The summed E-state index contributed by atoms with van der Waals surface area (Å²) in [5.41, 5.74) is 1.08. The number of hydrogen-bond acceptors (Lipinski definition) is 2. The molecule has 1 heterocycles. The van der Waals surface area contributed by atoms with Crippen LogP contribution in [0.15, 0.2) is 32.1 Å². The fourth-order valence-electron chi connectivity index (χ4n) is 1.55. The minimum Gasteiger partial charge on any atom is -0.343 e. The molecule has 1 aromatic carbocycles. The third kappa shape index (κ3) is 3.05. The summed E-state index contributed by atoms with van der Waals surface area (Å²) in [7, 11) is 0. The van der Waals surface area contributed by atoms with Gasteiger partial charge in [0.1, 0.15) is 5.84 Å².